The van der Waals surface area contributed by atoms with E-state index in [0.29, 0.717) is 12.5 Å². The van der Waals surface area contributed by atoms with E-state index in [9.17, 15) is 4.79 Å². The minimum atomic E-state index is 0.0370. The van der Waals surface area contributed by atoms with Gasteiger partial charge in [-0.25, -0.2) is 0 Å². The number of rotatable bonds is 4. The first-order valence-corrected chi connectivity index (χ1v) is 6.92. The average Bonchev–Trinajstić information content (AvgIpc) is 2.74. The van der Waals surface area contributed by atoms with E-state index in [-0.39, 0.29) is 11.9 Å². The molecular weight excluding hydrogens is 238 g/mol. The van der Waals surface area contributed by atoms with Crippen molar-refractivity contribution in [1.29, 1.82) is 0 Å². The first-order valence-electron chi connectivity index (χ1n) is 6.92. The van der Waals surface area contributed by atoms with Crippen molar-refractivity contribution in [2.45, 2.75) is 32.2 Å². The van der Waals surface area contributed by atoms with E-state index < -0.39 is 0 Å². The third-order valence-electron chi connectivity index (χ3n) is 3.51. The van der Waals surface area contributed by atoms with Crippen LogP contribution in [0.2, 0.25) is 0 Å². The van der Waals surface area contributed by atoms with Crippen molar-refractivity contribution < 1.29 is 4.79 Å². The Bertz CT molecular complexity index is 445. The van der Waals surface area contributed by atoms with Crippen LogP contribution in [0.4, 0.5) is 5.69 Å². The van der Waals surface area contributed by atoms with Gasteiger partial charge in [-0.2, -0.15) is 0 Å². The van der Waals surface area contributed by atoms with E-state index in [1.807, 2.05) is 18.2 Å². The normalized spacial score (nSPS) is 19.9. The topological polar surface area (TPSA) is 58.4 Å². The fourth-order valence-corrected chi connectivity index (χ4v) is 2.39. The number of nitrogens with one attached hydrogen (secondary N) is 1. The number of carbonyl (C=O) groups excluding carboxylic acids is 1. The highest BCUT2D eigenvalue weighted by molar-refractivity contribution is 5.92. The second-order valence-corrected chi connectivity index (χ2v) is 5.61. The molecule has 0 saturated carbocycles. The molecule has 1 fully saturated rings. The molecular formula is C15H23N3O. The van der Waals surface area contributed by atoms with Crippen molar-refractivity contribution in [3.8, 4) is 0 Å². The number of likely N-dealkylation sites (tertiary alicyclic amines) is 1. The molecule has 4 heteroatoms. The number of nitrogens with two attached hydrogens (primary N) is 1. The SMILES string of the molecule is CC(C)c1cccc(NC(=O)CN2CCC(N)C2)c1. The summed E-state index contributed by atoms with van der Waals surface area (Å²) in [5, 5.41) is 2.96. The summed E-state index contributed by atoms with van der Waals surface area (Å²) in [6, 6.07) is 8.26. The molecule has 0 bridgehead atoms. The van der Waals surface area contributed by atoms with E-state index in [0.717, 1.165) is 25.2 Å². The molecule has 1 unspecified atom stereocenters. The van der Waals surface area contributed by atoms with Crippen LogP contribution in [-0.4, -0.2) is 36.5 Å². The van der Waals surface area contributed by atoms with Gasteiger partial charge in [-0.3, -0.25) is 9.69 Å². The maximum atomic E-state index is 12.0. The third kappa shape index (κ3) is 4.04. The van der Waals surface area contributed by atoms with E-state index in [1.165, 1.54) is 5.56 Å². The van der Waals surface area contributed by atoms with Crippen LogP contribution in [-0.2, 0) is 4.79 Å². The largest absolute Gasteiger partial charge is 0.326 e. The molecule has 0 aliphatic carbocycles. The van der Waals surface area contributed by atoms with Crippen molar-refractivity contribution in [2.24, 2.45) is 5.73 Å². The molecule has 0 radical (unpaired) electrons. The third-order valence-corrected chi connectivity index (χ3v) is 3.51. The molecule has 1 saturated heterocycles. The standard InChI is InChI=1S/C15H23N3O/c1-11(2)12-4-3-5-14(8-12)17-15(19)10-18-7-6-13(16)9-18/h3-5,8,11,13H,6-7,9-10,16H2,1-2H3,(H,17,19). The lowest BCUT2D eigenvalue weighted by molar-refractivity contribution is -0.117. The quantitative estimate of drug-likeness (QED) is 0.868. The van der Waals surface area contributed by atoms with Crippen LogP contribution in [0.3, 0.4) is 0 Å². The van der Waals surface area contributed by atoms with E-state index in [1.54, 1.807) is 0 Å². The molecule has 3 N–H and O–H groups in total. The average molecular weight is 261 g/mol. The van der Waals surface area contributed by atoms with Crippen molar-refractivity contribution in [1.82, 2.24) is 4.90 Å². The number of hydrogen-bond acceptors (Lipinski definition) is 3. The molecule has 2 rings (SSSR count). The summed E-state index contributed by atoms with van der Waals surface area (Å²) in [5.74, 6) is 0.503. The van der Waals surface area contributed by atoms with Gasteiger partial charge in [-0.15, -0.1) is 0 Å². The highest BCUT2D eigenvalue weighted by Gasteiger charge is 2.20. The Balaban J connectivity index is 1.90. The van der Waals surface area contributed by atoms with Gasteiger partial charge in [0.2, 0.25) is 5.91 Å². The molecule has 0 spiro atoms. The van der Waals surface area contributed by atoms with E-state index >= 15 is 0 Å². The van der Waals surface area contributed by atoms with Crippen molar-refractivity contribution in [3.63, 3.8) is 0 Å². The fourth-order valence-electron chi connectivity index (χ4n) is 2.39. The molecule has 1 aliphatic heterocycles. The van der Waals surface area contributed by atoms with Gasteiger partial charge < -0.3 is 11.1 Å². The van der Waals surface area contributed by atoms with Crippen LogP contribution in [0.1, 0.15) is 31.7 Å². The number of hydrogen-bond donors (Lipinski definition) is 2. The lowest BCUT2D eigenvalue weighted by Gasteiger charge is -2.15. The van der Waals surface area contributed by atoms with Gasteiger partial charge in [0.1, 0.15) is 0 Å². The Morgan fingerprint density at radius 3 is 2.95 bits per heavy atom. The molecule has 1 aromatic rings. The Labute approximate surface area is 115 Å². The molecule has 0 aromatic heterocycles. The summed E-state index contributed by atoms with van der Waals surface area (Å²) in [6.07, 6.45) is 0.982. The van der Waals surface area contributed by atoms with Gasteiger partial charge in [0, 0.05) is 24.8 Å². The molecule has 104 valence electrons. The Morgan fingerprint density at radius 2 is 2.32 bits per heavy atom. The van der Waals surface area contributed by atoms with Crippen molar-refractivity contribution >= 4 is 11.6 Å². The molecule has 1 aliphatic rings. The summed E-state index contributed by atoms with van der Waals surface area (Å²) in [5.41, 5.74) is 7.94. The van der Waals surface area contributed by atoms with Crippen LogP contribution in [0, 0.1) is 0 Å². The van der Waals surface area contributed by atoms with Crippen molar-refractivity contribution in [2.75, 3.05) is 25.0 Å². The smallest absolute Gasteiger partial charge is 0.238 e. The van der Waals surface area contributed by atoms with Gasteiger partial charge in [0.25, 0.3) is 0 Å². The second-order valence-electron chi connectivity index (χ2n) is 5.61. The molecule has 4 nitrogen and oxygen atoms in total. The number of amides is 1. The minimum Gasteiger partial charge on any atom is -0.326 e. The predicted octanol–water partition coefficient (Wildman–Crippen LogP) is 1.78. The van der Waals surface area contributed by atoms with Gasteiger partial charge in [-0.05, 0) is 30.0 Å². The monoisotopic (exact) mass is 261 g/mol. The zero-order valence-corrected chi connectivity index (χ0v) is 11.7. The molecule has 1 aromatic carbocycles. The molecule has 19 heavy (non-hydrogen) atoms. The summed E-state index contributed by atoms with van der Waals surface area (Å²) in [4.78, 5) is 14.1. The van der Waals surface area contributed by atoms with Crippen LogP contribution in [0.15, 0.2) is 24.3 Å². The Hall–Kier alpha value is -1.39. The number of nitrogens with zero attached hydrogens (tertiary/aromatic N) is 1. The summed E-state index contributed by atoms with van der Waals surface area (Å²) in [6.45, 7) is 6.46. The van der Waals surface area contributed by atoms with Gasteiger partial charge in [-0.1, -0.05) is 26.0 Å². The van der Waals surface area contributed by atoms with Crippen LogP contribution >= 0.6 is 0 Å². The number of carbonyl (C=O) groups is 1. The van der Waals surface area contributed by atoms with Crippen LogP contribution < -0.4 is 11.1 Å². The van der Waals surface area contributed by atoms with Gasteiger partial charge in [0.15, 0.2) is 0 Å². The van der Waals surface area contributed by atoms with E-state index in [4.69, 9.17) is 5.73 Å². The Morgan fingerprint density at radius 1 is 1.53 bits per heavy atom. The van der Waals surface area contributed by atoms with Gasteiger partial charge in [0.05, 0.1) is 6.54 Å². The fraction of sp³-hybridized carbons (Fsp3) is 0.533. The zero-order valence-electron chi connectivity index (χ0n) is 11.7. The van der Waals surface area contributed by atoms with Crippen LogP contribution in [0.25, 0.3) is 0 Å². The minimum absolute atomic E-state index is 0.0370. The highest BCUT2D eigenvalue weighted by Crippen LogP contribution is 2.18. The summed E-state index contributed by atoms with van der Waals surface area (Å²) >= 11 is 0. The molecule has 1 heterocycles. The molecule has 1 amide bonds. The van der Waals surface area contributed by atoms with Crippen molar-refractivity contribution in [3.05, 3.63) is 29.8 Å². The second kappa shape index (κ2) is 6.17. The lowest BCUT2D eigenvalue weighted by atomic mass is 10.0. The van der Waals surface area contributed by atoms with E-state index in [2.05, 4.69) is 30.1 Å². The Kier molecular flexibility index (Phi) is 4.56. The van der Waals surface area contributed by atoms with Gasteiger partial charge >= 0.3 is 0 Å². The number of benzene rings is 1. The zero-order chi connectivity index (χ0) is 13.8. The van der Waals surface area contributed by atoms with Crippen LogP contribution in [0.5, 0.6) is 0 Å². The number of anilines is 1. The first-order chi connectivity index (χ1) is 9.04. The lowest BCUT2D eigenvalue weighted by Crippen LogP contribution is -2.33. The summed E-state index contributed by atoms with van der Waals surface area (Å²) in [7, 11) is 0. The maximum Gasteiger partial charge on any atom is 0.238 e. The molecule has 1 atom stereocenters. The maximum absolute atomic E-state index is 12.0. The predicted molar refractivity (Wildman–Crippen MR) is 78.2 cm³/mol. The first kappa shape index (κ1) is 14.0. The highest BCUT2D eigenvalue weighted by atomic mass is 16.2. The summed E-state index contributed by atoms with van der Waals surface area (Å²) < 4.78 is 0.